The Labute approximate surface area is 219 Å². The van der Waals surface area contributed by atoms with E-state index in [0.29, 0.717) is 16.6 Å². The first-order chi connectivity index (χ1) is 17.2. The third kappa shape index (κ3) is 4.31. The third-order valence-corrected chi connectivity index (χ3v) is 7.41. The van der Waals surface area contributed by atoms with Crippen LogP contribution in [0, 0.1) is 0 Å². The molecule has 0 amide bonds. The van der Waals surface area contributed by atoms with Gasteiger partial charge in [-0.05, 0) is 52.6 Å². The van der Waals surface area contributed by atoms with Crippen LogP contribution >= 0.6 is 23.2 Å². The number of hydrogen-bond donors (Lipinski definition) is 2. The van der Waals surface area contributed by atoms with Crippen LogP contribution in [0.25, 0.3) is 22.2 Å². The number of aryl methyl sites for hydroxylation is 2. The number of carboxylic acids is 1. The molecular weight excluding hydrogens is 532 g/mol. The molecule has 37 heavy (non-hydrogen) atoms. The lowest BCUT2D eigenvalue weighted by Crippen LogP contribution is -2.46. The highest BCUT2D eigenvalue weighted by molar-refractivity contribution is 6.34. The number of aromatic carboxylic acids is 1. The number of fused-ring (bicyclic) bond motifs is 1. The predicted molar refractivity (Wildman–Crippen MR) is 135 cm³/mol. The van der Waals surface area contributed by atoms with Gasteiger partial charge in [-0.15, -0.1) is 0 Å². The van der Waals surface area contributed by atoms with Gasteiger partial charge in [-0.25, -0.2) is 9.59 Å². The van der Waals surface area contributed by atoms with Crippen LogP contribution in [-0.4, -0.2) is 31.5 Å². The molecule has 11 heteroatoms. The normalized spacial score (nSPS) is 14.5. The van der Waals surface area contributed by atoms with Crippen molar-refractivity contribution in [1.29, 1.82) is 0 Å². The van der Waals surface area contributed by atoms with Crippen molar-refractivity contribution in [2.45, 2.75) is 24.6 Å². The first-order valence-corrected chi connectivity index (χ1v) is 11.7. The first-order valence-electron chi connectivity index (χ1n) is 11.0. The fraction of sp³-hybridized carbons (Fsp3) is 0.231. The molecule has 2 N–H and O–H groups in total. The summed E-state index contributed by atoms with van der Waals surface area (Å²) in [6.45, 7) is 1.22. The number of aliphatic hydroxyl groups is 1. The van der Waals surface area contributed by atoms with E-state index in [-0.39, 0.29) is 26.7 Å². The molecule has 3 aromatic carbocycles. The molecule has 4 aromatic rings. The topological polar surface area (TPSA) is 84.5 Å². The Morgan fingerprint density at radius 3 is 2.00 bits per heavy atom. The van der Waals surface area contributed by atoms with Gasteiger partial charge < -0.3 is 10.2 Å². The minimum atomic E-state index is -5.09. The summed E-state index contributed by atoms with van der Waals surface area (Å²) in [6, 6.07) is 12.3. The van der Waals surface area contributed by atoms with E-state index in [1.54, 1.807) is 0 Å². The lowest BCUT2D eigenvalue weighted by molar-refractivity contribution is -0.274. The lowest BCUT2D eigenvalue weighted by atomic mass is 9.77. The summed E-state index contributed by atoms with van der Waals surface area (Å²) in [5, 5.41) is 20.4. The van der Waals surface area contributed by atoms with Gasteiger partial charge >= 0.3 is 17.8 Å². The molecule has 0 aliphatic carbocycles. The van der Waals surface area contributed by atoms with Crippen molar-refractivity contribution >= 4 is 40.2 Å². The Hall–Kier alpha value is -3.27. The molecule has 0 aliphatic rings. The fourth-order valence-electron chi connectivity index (χ4n) is 4.55. The summed E-state index contributed by atoms with van der Waals surface area (Å²) in [4.78, 5) is 23.5. The third-order valence-electron chi connectivity index (χ3n) is 6.77. The molecule has 1 heterocycles. The van der Waals surface area contributed by atoms with Gasteiger partial charge in [-0.2, -0.15) is 13.2 Å². The van der Waals surface area contributed by atoms with Crippen molar-refractivity contribution < 1.29 is 28.2 Å². The number of alkyl halides is 3. The second-order valence-electron chi connectivity index (χ2n) is 8.83. The summed E-state index contributed by atoms with van der Waals surface area (Å²) in [7, 11) is 2.95. The summed E-state index contributed by atoms with van der Waals surface area (Å²) in [6.07, 6.45) is -5.09. The number of rotatable bonds is 5. The van der Waals surface area contributed by atoms with E-state index in [9.17, 15) is 27.9 Å². The number of nitrogens with zero attached hydrogens (tertiary/aromatic N) is 2. The minimum absolute atomic E-state index is 0.00397. The van der Waals surface area contributed by atoms with Gasteiger partial charge in [0.2, 0.25) is 0 Å². The van der Waals surface area contributed by atoms with E-state index in [2.05, 4.69) is 0 Å². The van der Waals surface area contributed by atoms with Crippen molar-refractivity contribution in [3.63, 3.8) is 0 Å². The molecule has 0 saturated carbocycles. The summed E-state index contributed by atoms with van der Waals surface area (Å²) >= 11 is 12.5. The average Bonchev–Trinajstić information content (AvgIpc) is 3.05. The first kappa shape index (κ1) is 26.8. The molecule has 0 fully saturated rings. The summed E-state index contributed by atoms with van der Waals surface area (Å²) < 4.78 is 46.0. The highest BCUT2D eigenvalue weighted by atomic mass is 35.5. The zero-order valence-corrected chi connectivity index (χ0v) is 21.3. The molecular formula is C26H21Cl2F3N2O4. The molecule has 6 nitrogen and oxygen atoms in total. The van der Waals surface area contributed by atoms with Gasteiger partial charge in [0, 0.05) is 25.0 Å². The molecule has 2 unspecified atom stereocenters. The number of carbonyl (C=O) groups is 1. The Kier molecular flexibility index (Phi) is 6.69. The largest absolute Gasteiger partial charge is 0.478 e. The highest BCUT2D eigenvalue weighted by Gasteiger charge is 2.59. The zero-order valence-electron chi connectivity index (χ0n) is 19.8. The predicted octanol–water partition coefficient (Wildman–Crippen LogP) is 6.10. The number of imidazole rings is 1. The lowest BCUT2D eigenvalue weighted by Gasteiger charge is -2.37. The van der Waals surface area contributed by atoms with Crippen LogP contribution in [0.5, 0.6) is 0 Å². The Balaban J connectivity index is 1.81. The van der Waals surface area contributed by atoms with Crippen LogP contribution in [0.15, 0.2) is 59.4 Å². The smallest absolute Gasteiger partial charge is 0.422 e. The Morgan fingerprint density at radius 2 is 1.46 bits per heavy atom. The molecule has 0 saturated heterocycles. The number of aromatic nitrogens is 2. The quantitative estimate of drug-likeness (QED) is 0.313. The van der Waals surface area contributed by atoms with Crippen molar-refractivity contribution in [3.05, 3.63) is 91.8 Å². The van der Waals surface area contributed by atoms with Crippen LogP contribution < -0.4 is 5.69 Å². The van der Waals surface area contributed by atoms with Crippen molar-refractivity contribution in [2.75, 3.05) is 0 Å². The van der Waals surface area contributed by atoms with Crippen molar-refractivity contribution in [3.8, 4) is 11.1 Å². The van der Waals surface area contributed by atoms with Crippen molar-refractivity contribution in [1.82, 2.24) is 9.13 Å². The van der Waals surface area contributed by atoms with Crippen LogP contribution in [-0.2, 0) is 19.7 Å². The SMILES string of the molecule is CC(c1ccc(-c2ccc(C(=O)O)c(Cl)c2)cc1Cl)C(O)(c1ccc2c(c1)n(C)c(=O)n2C)C(F)(F)F. The Morgan fingerprint density at radius 1 is 0.892 bits per heavy atom. The molecule has 0 radical (unpaired) electrons. The van der Waals surface area contributed by atoms with Gasteiger partial charge in [0.25, 0.3) is 0 Å². The monoisotopic (exact) mass is 552 g/mol. The van der Waals surface area contributed by atoms with Gasteiger partial charge in [0.05, 0.1) is 21.6 Å². The van der Waals surface area contributed by atoms with Crippen LogP contribution in [0.4, 0.5) is 13.2 Å². The molecule has 2 atom stereocenters. The summed E-state index contributed by atoms with van der Waals surface area (Å²) in [5.41, 5.74) is -2.56. The fourth-order valence-corrected chi connectivity index (χ4v) is 5.16. The number of benzene rings is 3. The maximum absolute atomic E-state index is 14.5. The molecule has 1 aromatic heterocycles. The van der Waals surface area contributed by atoms with Crippen LogP contribution in [0.2, 0.25) is 10.0 Å². The van der Waals surface area contributed by atoms with Crippen molar-refractivity contribution in [2.24, 2.45) is 14.1 Å². The molecule has 0 bridgehead atoms. The van der Waals surface area contributed by atoms with Gasteiger partial charge in [0.15, 0.2) is 5.60 Å². The number of halogens is 5. The molecule has 4 rings (SSSR count). The molecule has 0 spiro atoms. The van der Waals surface area contributed by atoms with Crippen LogP contribution in [0.3, 0.4) is 0 Å². The zero-order chi connectivity index (χ0) is 27.4. The number of hydrogen-bond acceptors (Lipinski definition) is 3. The standard InChI is InChI=1S/C26H21Cl2F3N2O4/c1-13(17-7-4-14(10-19(17)27)15-5-8-18(23(34)35)20(28)11-15)25(37,26(29,30)31)16-6-9-21-22(12-16)33(3)24(36)32(21)2/h4-13,37H,1-3H3,(H,34,35). The van der Waals surface area contributed by atoms with E-state index in [0.717, 1.165) is 12.1 Å². The maximum atomic E-state index is 14.5. The van der Waals surface area contributed by atoms with E-state index in [1.807, 2.05) is 0 Å². The second-order valence-corrected chi connectivity index (χ2v) is 9.64. The van der Waals surface area contributed by atoms with E-state index in [4.69, 9.17) is 28.3 Å². The van der Waals surface area contributed by atoms with E-state index >= 15 is 0 Å². The Bertz CT molecular complexity index is 1610. The maximum Gasteiger partial charge on any atom is 0.422 e. The van der Waals surface area contributed by atoms with E-state index < -0.39 is 34.9 Å². The summed E-state index contributed by atoms with van der Waals surface area (Å²) in [5.74, 6) is -2.73. The van der Waals surface area contributed by atoms with Crippen LogP contribution in [0.1, 0.15) is 34.3 Å². The van der Waals surface area contributed by atoms with Gasteiger partial charge in [0.1, 0.15) is 0 Å². The second kappa shape index (κ2) is 9.24. The average molecular weight is 553 g/mol. The molecule has 194 valence electrons. The highest BCUT2D eigenvalue weighted by Crippen LogP contribution is 2.50. The molecule has 0 aliphatic heterocycles. The van der Waals surface area contributed by atoms with Gasteiger partial charge in [-0.3, -0.25) is 9.13 Å². The minimum Gasteiger partial charge on any atom is -0.478 e. The van der Waals surface area contributed by atoms with Gasteiger partial charge in [-0.1, -0.05) is 54.4 Å². The van der Waals surface area contributed by atoms with E-state index in [1.165, 1.54) is 72.6 Å². The number of carboxylic acid groups (broad SMARTS) is 1.